The zero-order valence-electron chi connectivity index (χ0n) is 13.2. The number of carbonyl (C=O) groups is 1. The van der Waals surface area contributed by atoms with Crippen LogP contribution in [0.25, 0.3) is 0 Å². The third-order valence-corrected chi connectivity index (χ3v) is 3.13. The molecule has 0 aliphatic rings. The van der Waals surface area contributed by atoms with Crippen molar-refractivity contribution < 1.29 is 19.2 Å². The van der Waals surface area contributed by atoms with Gasteiger partial charge in [-0.1, -0.05) is 17.7 Å². The number of rotatable bonds is 8. The predicted molar refractivity (Wildman–Crippen MR) is 88.3 cm³/mol. The van der Waals surface area contributed by atoms with Crippen molar-refractivity contribution in [1.82, 2.24) is 5.32 Å². The molecule has 0 heterocycles. The number of benzene rings is 2. The maximum atomic E-state index is 11.6. The highest BCUT2D eigenvalue weighted by Crippen LogP contribution is 2.17. The smallest absolute Gasteiger partial charge is 0.269 e. The third-order valence-electron chi connectivity index (χ3n) is 3.13. The van der Waals surface area contributed by atoms with Gasteiger partial charge in [0.2, 0.25) is 0 Å². The molecule has 0 spiro atoms. The van der Waals surface area contributed by atoms with Crippen LogP contribution in [0.2, 0.25) is 0 Å². The van der Waals surface area contributed by atoms with Crippen molar-refractivity contribution in [3.8, 4) is 11.5 Å². The van der Waals surface area contributed by atoms with Crippen LogP contribution in [0, 0.1) is 17.0 Å². The summed E-state index contributed by atoms with van der Waals surface area (Å²) in [5.41, 5.74) is 1.12. The van der Waals surface area contributed by atoms with Crippen LogP contribution in [-0.4, -0.2) is 30.6 Å². The lowest BCUT2D eigenvalue weighted by atomic mass is 10.2. The molecule has 0 aromatic heterocycles. The summed E-state index contributed by atoms with van der Waals surface area (Å²) in [4.78, 5) is 21.7. The molecule has 0 fully saturated rings. The quantitative estimate of drug-likeness (QED) is 0.456. The molecule has 2 aromatic carbocycles. The van der Waals surface area contributed by atoms with Gasteiger partial charge in [0, 0.05) is 12.1 Å². The van der Waals surface area contributed by atoms with Crippen LogP contribution >= 0.6 is 0 Å². The van der Waals surface area contributed by atoms with Gasteiger partial charge in [-0.3, -0.25) is 14.9 Å². The van der Waals surface area contributed by atoms with Crippen molar-refractivity contribution in [3.05, 3.63) is 64.2 Å². The van der Waals surface area contributed by atoms with Gasteiger partial charge in [0.05, 0.1) is 11.5 Å². The monoisotopic (exact) mass is 330 g/mol. The first-order valence-electron chi connectivity index (χ1n) is 7.38. The van der Waals surface area contributed by atoms with Crippen molar-refractivity contribution in [2.24, 2.45) is 0 Å². The van der Waals surface area contributed by atoms with E-state index in [0.29, 0.717) is 18.9 Å². The molecule has 2 rings (SSSR count). The maximum Gasteiger partial charge on any atom is 0.269 e. The topological polar surface area (TPSA) is 90.7 Å². The van der Waals surface area contributed by atoms with E-state index in [-0.39, 0.29) is 18.2 Å². The molecule has 7 heteroatoms. The minimum atomic E-state index is -0.495. The van der Waals surface area contributed by atoms with Gasteiger partial charge < -0.3 is 14.8 Å². The van der Waals surface area contributed by atoms with E-state index < -0.39 is 4.92 Å². The van der Waals surface area contributed by atoms with E-state index >= 15 is 0 Å². The minimum absolute atomic E-state index is 0.0277. The van der Waals surface area contributed by atoms with Crippen LogP contribution in [0.5, 0.6) is 11.5 Å². The highest BCUT2D eigenvalue weighted by molar-refractivity contribution is 5.77. The molecule has 24 heavy (non-hydrogen) atoms. The molecule has 0 atom stereocenters. The molecule has 126 valence electrons. The van der Waals surface area contributed by atoms with Crippen LogP contribution in [0.15, 0.2) is 48.5 Å². The van der Waals surface area contributed by atoms with E-state index in [2.05, 4.69) is 5.32 Å². The average Bonchev–Trinajstić information content (AvgIpc) is 2.59. The Hall–Kier alpha value is -3.09. The van der Waals surface area contributed by atoms with Gasteiger partial charge in [-0.15, -0.1) is 0 Å². The van der Waals surface area contributed by atoms with E-state index in [1.54, 1.807) is 0 Å². The van der Waals surface area contributed by atoms with E-state index in [0.717, 1.165) is 11.3 Å². The van der Waals surface area contributed by atoms with Gasteiger partial charge in [0.15, 0.2) is 6.61 Å². The van der Waals surface area contributed by atoms with Gasteiger partial charge in [0.1, 0.15) is 18.1 Å². The van der Waals surface area contributed by atoms with Gasteiger partial charge in [-0.05, 0) is 31.2 Å². The van der Waals surface area contributed by atoms with E-state index in [1.165, 1.54) is 24.3 Å². The molecule has 0 saturated carbocycles. The summed E-state index contributed by atoms with van der Waals surface area (Å²) in [6, 6.07) is 13.2. The van der Waals surface area contributed by atoms with Crippen LogP contribution in [-0.2, 0) is 4.79 Å². The minimum Gasteiger partial charge on any atom is -0.492 e. The number of hydrogen-bond acceptors (Lipinski definition) is 5. The molecule has 0 saturated heterocycles. The molecule has 1 N–H and O–H groups in total. The summed E-state index contributed by atoms with van der Waals surface area (Å²) in [5, 5.41) is 13.2. The number of non-ortho nitro benzene ring substituents is 1. The van der Waals surface area contributed by atoms with E-state index in [4.69, 9.17) is 9.47 Å². The van der Waals surface area contributed by atoms with E-state index in [1.807, 2.05) is 31.2 Å². The fraction of sp³-hybridized carbons (Fsp3) is 0.235. The normalized spacial score (nSPS) is 10.0. The maximum absolute atomic E-state index is 11.6. The Morgan fingerprint density at radius 2 is 1.62 bits per heavy atom. The Labute approximate surface area is 139 Å². The summed E-state index contributed by atoms with van der Waals surface area (Å²) in [6.45, 7) is 2.54. The summed E-state index contributed by atoms with van der Waals surface area (Å²) in [5.74, 6) is 0.851. The van der Waals surface area contributed by atoms with Crippen molar-refractivity contribution in [2.45, 2.75) is 6.92 Å². The molecule has 0 unspecified atom stereocenters. The second kappa shape index (κ2) is 8.52. The van der Waals surface area contributed by atoms with Crippen molar-refractivity contribution >= 4 is 11.6 Å². The zero-order chi connectivity index (χ0) is 17.4. The lowest BCUT2D eigenvalue weighted by Gasteiger charge is -2.09. The number of ether oxygens (including phenoxy) is 2. The Morgan fingerprint density at radius 3 is 2.25 bits per heavy atom. The Morgan fingerprint density at radius 1 is 1.04 bits per heavy atom. The standard InChI is InChI=1S/C17H18N2O5/c1-13-2-6-15(7-3-13)23-11-10-18-17(20)12-24-16-8-4-14(5-9-16)19(21)22/h2-9H,10-12H2,1H3,(H,18,20). The second-order valence-electron chi connectivity index (χ2n) is 5.05. The van der Waals surface area contributed by atoms with Crippen LogP contribution in [0.1, 0.15) is 5.56 Å². The van der Waals surface area contributed by atoms with Crippen molar-refractivity contribution in [1.29, 1.82) is 0 Å². The number of carbonyl (C=O) groups excluding carboxylic acids is 1. The van der Waals surface area contributed by atoms with Gasteiger partial charge in [0.25, 0.3) is 11.6 Å². The lowest BCUT2D eigenvalue weighted by Crippen LogP contribution is -2.32. The van der Waals surface area contributed by atoms with Gasteiger partial charge >= 0.3 is 0 Å². The van der Waals surface area contributed by atoms with Crippen molar-refractivity contribution in [3.63, 3.8) is 0 Å². The Kier molecular flexibility index (Phi) is 6.13. The number of nitro groups is 1. The lowest BCUT2D eigenvalue weighted by molar-refractivity contribution is -0.384. The molecule has 7 nitrogen and oxygen atoms in total. The number of amides is 1. The van der Waals surface area contributed by atoms with Gasteiger partial charge in [-0.2, -0.15) is 0 Å². The predicted octanol–water partition coefficient (Wildman–Crippen LogP) is 2.48. The van der Waals surface area contributed by atoms with Crippen LogP contribution in [0.4, 0.5) is 5.69 Å². The molecular formula is C17H18N2O5. The zero-order valence-corrected chi connectivity index (χ0v) is 13.2. The van der Waals surface area contributed by atoms with E-state index in [9.17, 15) is 14.9 Å². The molecule has 1 amide bonds. The highest BCUT2D eigenvalue weighted by Gasteiger charge is 2.06. The Bertz CT molecular complexity index is 683. The third kappa shape index (κ3) is 5.60. The fourth-order valence-electron chi connectivity index (χ4n) is 1.86. The van der Waals surface area contributed by atoms with Crippen LogP contribution in [0.3, 0.4) is 0 Å². The number of hydrogen-bond donors (Lipinski definition) is 1. The first kappa shape index (κ1) is 17.3. The van der Waals surface area contributed by atoms with Crippen LogP contribution < -0.4 is 14.8 Å². The summed E-state index contributed by atoms with van der Waals surface area (Å²) in [7, 11) is 0. The first-order valence-corrected chi connectivity index (χ1v) is 7.38. The fourth-order valence-corrected chi connectivity index (χ4v) is 1.86. The summed E-state index contributed by atoms with van der Waals surface area (Å²) < 4.78 is 10.7. The highest BCUT2D eigenvalue weighted by atomic mass is 16.6. The second-order valence-corrected chi connectivity index (χ2v) is 5.05. The molecule has 0 bridgehead atoms. The van der Waals surface area contributed by atoms with Crippen molar-refractivity contribution in [2.75, 3.05) is 19.8 Å². The largest absolute Gasteiger partial charge is 0.492 e. The SMILES string of the molecule is Cc1ccc(OCCNC(=O)COc2ccc([N+](=O)[O-])cc2)cc1. The number of nitrogens with one attached hydrogen (secondary N) is 1. The Balaban J connectivity index is 1.64. The molecule has 0 aliphatic carbocycles. The number of nitrogens with zero attached hydrogens (tertiary/aromatic N) is 1. The first-order chi connectivity index (χ1) is 11.5. The number of nitro benzene ring substituents is 1. The number of aryl methyl sites for hydroxylation is 1. The molecular weight excluding hydrogens is 312 g/mol. The molecule has 0 radical (unpaired) electrons. The summed E-state index contributed by atoms with van der Waals surface area (Å²) in [6.07, 6.45) is 0. The molecule has 2 aromatic rings. The van der Waals surface area contributed by atoms with Gasteiger partial charge in [-0.25, -0.2) is 0 Å². The molecule has 0 aliphatic heterocycles. The average molecular weight is 330 g/mol. The summed E-state index contributed by atoms with van der Waals surface area (Å²) >= 11 is 0.